The Bertz CT molecular complexity index is 1360. The summed E-state index contributed by atoms with van der Waals surface area (Å²) in [6.45, 7) is 4.41. The van der Waals surface area contributed by atoms with Crippen LogP contribution in [0, 0.1) is 12.7 Å². The van der Waals surface area contributed by atoms with E-state index in [0.29, 0.717) is 22.5 Å². The van der Waals surface area contributed by atoms with Crippen LogP contribution in [0.15, 0.2) is 89.2 Å². The highest BCUT2D eigenvalue weighted by Gasteiger charge is 2.12. The van der Waals surface area contributed by atoms with E-state index in [0.717, 1.165) is 16.8 Å². The van der Waals surface area contributed by atoms with Gasteiger partial charge in [0.15, 0.2) is 4.80 Å². The molecule has 2 amide bonds. The maximum Gasteiger partial charge on any atom is 0.279 e. The molecule has 0 aliphatic carbocycles. The van der Waals surface area contributed by atoms with Gasteiger partial charge in [-0.2, -0.15) is 4.99 Å². The van der Waals surface area contributed by atoms with Crippen LogP contribution in [0.25, 0.3) is 0 Å². The highest BCUT2D eigenvalue weighted by atomic mass is 32.1. The van der Waals surface area contributed by atoms with Gasteiger partial charge in [-0.15, -0.1) is 11.3 Å². The van der Waals surface area contributed by atoms with Gasteiger partial charge in [-0.1, -0.05) is 42.5 Å². The van der Waals surface area contributed by atoms with Crippen LogP contribution in [0.5, 0.6) is 0 Å². The minimum atomic E-state index is -0.421. The summed E-state index contributed by atoms with van der Waals surface area (Å²) >= 11 is 1.37. The topological polar surface area (TPSA) is 63.5 Å². The van der Waals surface area contributed by atoms with Crippen molar-refractivity contribution in [3.8, 4) is 0 Å². The van der Waals surface area contributed by atoms with Gasteiger partial charge in [0.1, 0.15) is 5.82 Å². The summed E-state index contributed by atoms with van der Waals surface area (Å²) in [5.41, 5.74) is 3.90. The summed E-state index contributed by atoms with van der Waals surface area (Å²) in [5.74, 6) is -0.955. The van der Waals surface area contributed by atoms with E-state index < -0.39 is 11.7 Å². The Kier molecular flexibility index (Phi) is 7.13. The Hall–Kier alpha value is -3.84. The first-order valence-corrected chi connectivity index (χ1v) is 11.7. The second-order valence-electron chi connectivity index (χ2n) is 7.97. The number of carbonyl (C=O) groups is 2. The Balaban J connectivity index is 1.47. The van der Waals surface area contributed by atoms with Gasteiger partial charge in [-0.3, -0.25) is 9.59 Å². The second kappa shape index (κ2) is 10.4. The first-order valence-electron chi connectivity index (χ1n) is 10.8. The summed E-state index contributed by atoms with van der Waals surface area (Å²) in [7, 11) is 0. The van der Waals surface area contributed by atoms with Crippen molar-refractivity contribution in [3.63, 3.8) is 0 Å². The molecule has 172 valence electrons. The van der Waals surface area contributed by atoms with Crippen molar-refractivity contribution in [2.75, 3.05) is 0 Å². The van der Waals surface area contributed by atoms with Crippen LogP contribution < -0.4 is 10.1 Å². The number of hydrogen-bond donors (Lipinski definition) is 1. The highest BCUT2D eigenvalue weighted by Crippen LogP contribution is 2.14. The highest BCUT2D eigenvalue weighted by molar-refractivity contribution is 7.07. The summed E-state index contributed by atoms with van der Waals surface area (Å²) in [5, 5.41) is 4.95. The number of nitrogens with one attached hydrogen (secondary N) is 1. The first-order chi connectivity index (χ1) is 16.4. The lowest BCUT2D eigenvalue weighted by Crippen LogP contribution is -2.26. The fraction of sp³-hybridized carbons (Fsp3) is 0.148. The third-order valence-corrected chi connectivity index (χ3v) is 6.47. The zero-order chi connectivity index (χ0) is 24.1. The maximum absolute atomic E-state index is 13.1. The molecule has 0 bridgehead atoms. The number of carbonyl (C=O) groups excluding carboxylic acids is 2. The summed E-state index contributed by atoms with van der Waals surface area (Å²) < 4.78 is 15.1. The molecule has 0 saturated carbocycles. The number of rotatable bonds is 6. The Morgan fingerprint density at radius 2 is 1.62 bits per heavy atom. The maximum atomic E-state index is 13.1. The molecule has 5 nitrogen and oxygen atoms in total. The molecule has 1 unspecified atom stereocenters. The molecule has 0 spiro atoms. The van der Waals surface area contributed by atoms with Crippen molar-refractivity contribution in [3.05, 3.63) is 123 Å². The Morgan fingerprint density at radius 3 is 2.29 bits per heavy atom. The van der Waals surface area contributed by atoms with Crippen molar-refractivity contribution in [1.29, 1.82) is 0 Å². The van der Waals surface area contributed by atoms with Crippen LogP contribution >= 0.6 is 11.3 Å². The number of amides is 2. The average Bonchev–Trinajstić information content (AvgIpc) is 3.19. The lowest BCUT2D eigenvalue weighted by molar-refractivity contribution is 0.0938. The summed E-state index contributed by atoms with van der Waals surface area (Å²) in [6, 6.07) is 22.4. The van der Waals surface area contributed by atoms with E-state index in [9.17, 15) is 14.0 Å². The van der Waals surface area contributed by atoms with Crippen LogP contribution in [0.2, 0.25) is 0 Å². The lowest BCUT2D eigenvalue weighted by Gasteiger charge is -2.14. The van der Waals surface area contributed by atoms with E-state index in [1.54, 1.807) is 12.1 Å². The predicted molar refractivity (Wildman–Crippen MR) is 131 cm³/mol. The van der Waals surface area contributed by atoms with Crippen LogP contribution in [0.4, 0.5) is 4.39 Å². The molecule has 3 aromatic carbocycles. The zero-order valence-corrected chi connectivity index (χ0v) is 19.7. The van der Waals surface area contributed by atoms with E-state index >= 15 is 0 Å². The number of hydrogen-bond acceptors (Lipinski definition) is 3. The van der Waals surface area contributed by atoms with Gasteiger partial charge >= 0.3 is 0 Å². The minimum absolute atomic E-state index is 0.0970. The van der Waals surface area contributed by atoms with Crippen LogP contribution in [0.1, 0.15) is 50.5 Å². The van der Waals surface area contributed by atoms with Gasteiger partial charge in [0.05, 0.1) is 12.6 Å². The Labute approximate surface area is 201 Å². The number of aryl methyl sites for hydroxylation is 1. The predicted octanol–water partition coefficient (Wildman–Crippen LogP) is 5.28. The Morgan fingerprint density at radius 1 is 0.971 bits per heavy atom. The molecule has 1 heterocycles. The fourth-order valence-corrected chi connectivity index (χ4v) is 4.36. The standard InChI is InChI=1S/C27H24FN3O2S/c1-18-17-34-27(30-26(33)23-12-14-24(28)15-13-23)31(18)16-20-8-10-22(11-9-20)25(32)29-19(2)21-6-4-3-5-7-21/h3-15,17,19H,16H2,1-2H3,(H,29,32). The second-order valence-corrected chi connectivity index (χ2v) is 8.81. The average molecular weight is 474 g/mol. The third kappa shape index (κ3) is 5.55. The van der Waals surface area contributed by atoms with Crippen molar-refractivity contribution < 1.29 is 14.0 Å². The largest absolute Gasteiger partial charge is 0.346 e. The van der Waals surface area contributed by atoms with Crippen LogP contribution in [-0.2, 0) is 6.54 Å². The van der Waals surface area contributed by atoms with Crippen LogP contribution in [-0.4, -0.2) is 16.4 Å². The molecule has 34 heavy (non-hydrogen) atoms. The SMILES string of the molecule is Cc1csc(=NC(=O)c2ccc(F)cc2)n1Cc1ccc(C(=O)NC(C)c2ccccc2)cc1. The number of halogens is 1. The van der Waals surface area contributed by atoms with Gasteiger partial charge < -0.3 is 9.88 Å². The molecule has 0 fully saturated rings. The molecule has 0 radical (unpaired) electrons. The van der Waals surface area contributed by atoms with E-state index in [1.165, 1.54) is 35.6 Å². The number of nitrogens with zero attached hydrogens (tertiary/aromatic N) is 2. The van der Waals surface area contributed by atoms with E-state index in [-0.39, 0.29) is 11.9 Å². The molecular formula is C27H24FN3O2S. The molecule has 1 atom stereocenters. The van der Waals surface area contributed by atoms with Gasteiger partial charge in [-0.05, 0) is 61.4 Å². The van der Waals surface area contributed by atoms with Gasteiger partial charge in [0.2, 0.25) is 0 Å². The number of thiazole rings is 1. The minimum Gasteiger partial charge on any atom is -0.346 e. The fourth-order valence-electron chi connectivity index (χ4n) is 3.49. The normalized spacial score (nSPS) is 12.4. The van der Waals surface area contributed by atoms with Crippen molar-refractivity contribution in [2.24, 2.45) is 4.99 Å². The summed E-state index contributed by atoms with van der Waals surface area (Å²) in [6.07, 6.45) is 0. The molecule has 4 aromatic rings. The number of benzene rings is 3. The summed E-state index contributed by atoms with van der Waals surface area (Å²) in [4.78, 5) is 30.0. The van der Waals surface area contributed by atoms with Crippen molar-refractivity contribution >= 4 is 23.2 Å². The molecule has 0 aliphatic heterocycles. The third-order valence-electron chi connectivity index (χ3n) is 5.48. The van der Waals surface area contributed by atoms with E-state index in [2.05, 4.69) is 10.3 Å². The molecule has 0 saturated heterocycles. The van der Waals surface area contributed by atoms with Gasteiger partial charge in [-0.25, -0.2) is 4.39 Å². The molecular weight excluding hydrogens is 449 g/mol. The number of aromatic nitrogens is 1. The van der Waals surface area contributed by atoms with E-state index in [1.807, 2.05) is 66.3 Å². The van der Waals surface area contributed by atoms with Gasteiger partial charge in [0.25, 0.3) is 11.8 Å². The molecule has 1 aromatic heterocycles. The molecule has 0 aliphatic rings. The smallest absolute Gasteiger partial charge is 0.279 e. The van der Waals surface area contributed by atoms with Gasteiger partial charge in [0, 0.05) is 22.2 Å². The molecule has 7 heteroatoms. The lowest BCUT2D eigenvalue weighted by atomic mass is 10.1. The van der Waals surface area contributed by atoms with Crippen molar-refractivity contribution in [1.82, 2.24) is 9.88 Å². The van der Waals surface area contributed by atoms with Crippen LogP contribution in [0.3, 0.4) is 0 Å². The molecule has 1 N–H and O–H groups in total. The monoisotopic (exact) mass is 473 g/mol. The van der Waals surface area contributed by atoms with Crippen molar-refractivity contribution in [2.45, 2.75) is 26.4 Å². The molecule has 4 rings (SSSR count). The first kappa shape index (κ1) is 23.3. The zero-order valence-electron chi connectivity index (χ0n) is 18.9. The van der Waals surface area contributed by atoms with E-state index in [4.69, 9.17) is 0 Å². The quantitative estimate of drug-likeness (QED) is 0.414.